The molecule has 3 rings (SSSR count). The number of nitrogens with zero attached hydrogens (tertiary/aromatic N) is 2. The average Bonchev–Trinajstić information content (AvgIpc) is 2.79. The molecule has 0 aliphatic heterocycles. The zero-order valence-electron chi connectivity index (χ0n) is 20.1. The fraction of sp³-hybridized carbons (Fsp3) is 0.333. The number of nitrogens with one attached hydrogen (secondary N) is 1. The molecule has 0 saturated carbocycles. The zero-order chi connectivity index (χ0) is 23.7. The molecule has 0 atom stereocenters. The summed E-state index contributed by atoms with van der Waals surface area (Å²) in [4.78, 5) is 16.9. The minimum Gasteiger partial charge on any atom is -0.487 e. The maximum Gasteiger partial charge on any atom is 0.254 e. The Hall–Kier alpha value is -3.34. The number of anilines is 1. The van der Waals surface area contributed by atoms with Gasteiger partial charge in [0.15, 0.2) is 0 Å². The predicted molar refractivity (Wildman–Crippen MR) is 134 cm³/mol. The number of aromatic nitrogens is 2. The van der Waals surface area contributed by atoms with Crippen LogP contribution in [0.5, 0.6) is 5.75 Å². The lowest BCUT2D eigenvalue weighted by Crippen LogP contribution is -2.22. The van der Waals surface area contributed by atoms with Gasteiger partial charge < -0.3 is 10.1 Å². The van der Waals surface area contributed by atoms with Crippen molar-refractivity contribution in [3.63, 3.8) is 0 Å². The van der Waals surface area contributed by atoms with Crippen LogP contribution in [0.15, 0.2) is 66.0 Å². The Morgan fingerprint density at radius 2 is 1.81 bits per heavy atom. The molecule has 1 heterocycles. The van der Waals surface area contributed by atoms with E-state index in [1.54, 1.807) is 7.05 Å². The number of hydrogen-bond donors (Lipinski definition) is 1. The van der Waals surface area contributed by atoms with Crippen LogP contribution in [-0.2, 0) is 20.1 Å². The number of hydrogen-bond acceptors (Lipinski definition) is 4. The van der Waals surface area contributed by atoms with E-state index in [2.05, 4.69) is 43.7 Å². The molecule has 170 valence electrons. The first-order valence-electron chi connectivity index (χ1n) is 11.1. The fourth-order valence-corrected chi connectivity index (χ4v) is 3.20. The molecule has 5 heteroatoms. The summed E-state index contributed by atoms with van der Waals surface area (Å²) in [7, 11) is 1.68. The van der Waals surface area contributed by atoms with Gasteiger partial charge in [0.1, 0.15) is 12.4 Å². The average molecular weight is 434 g/mol. The van der Waals surface area contributed by atoms with E-state index in [0.717, 1.165) is 17.7 Å². The molecule has 1 aromatic heterocycles. The van der Waals surface area contributed by atoms with E-state index < -0.39 is 0 Å². The van der Waals surface area contributed by atoms with E-state index in [0.29, 0.717) is 23.3 Å². The second-order valence-corrected chi connectivity index (χ2v) is 7.91. The molecule has 32 heavy (non-hydrogen) atoms. The first-order chi connectivity index (χ1) is 15.3. The van der Waals surface area contributed by atoms with Crippen LogP contribution >= 0.6 is 0 Å². The molecule has 2 aromatic carbocycles. The van der Waals surface area contributed by atoms with Crippen molar-refractivity contribution in [2.75, 3.05) is 5.32 Å². The topological polar surface area (TPSA) is 56.2 Å². The summed E-state index contributed by atoms with van der Waals surface area (Å²) in [6, 6.07) is 17.3. The lowest BCUT2D eigenvalue weighted by atomic mass is 9.99. The smallest absolute Gasteiger partial charge is 0.254 e. The zero-order valence-corrected chi connectivity index (χ0v) is 20.1. The SMILES string of the molecule is C=C(Nc1nc(COc2ccc(CC(C)C)c(C)c2)cc(=O)n1C)c1ccccc1.CC. The van der Waals surface area contributed by atoms with Crippen LogP contribution < -0.4 is 15.6 Å². The van der Waals surface area contributed by atoms with Crippen LogP contribution in [0.3, 0.4) is 0 Å². The monoisotopic (exact) mass is 433 g/mol. The molecule has 3 aromatic rings. The maximum absolute atomic E-state index is 12.4. The van der Waals surface area contributed by atoms with Crippen LogP contribution in [0, 0.1) is 12.8 Å². The Balaban J connectivity index is 0.00000176. The molecule has 0 bridgehead atoms. The summed E-state index contributed by atoms with van der Waals surface area (Å²) < 4.78 is 7.37. The fourth-order valence-electron chi connectivity index (χ4n) is 3.20. The molecule has 0 amide bonds. The largest absolute Gasteiger partial charge is 0.487 e. The molecular formula is C27H35N3O2. The molecule has 0 aliphatic carbocycles. The van der Waals surface area contributed by atoms with Crippen molar-refractivity contribution in [3.05, 3.63) is 93.9 Å². The quantitative estimate of drug-likeness (QED) is 0.475. The van der Waals surface area contributed by atoms with E-state index in [1.165, 1.54) is 21.8 Å². The van der Waals surface area contributed by atoms with Gasteiger partial charge >= 0.3 is 0 Å². The van der Waals surface area contributed by atoms with Gasteiger partial charge in [-0.1, -0.05) is 70.7 Å². The van der Waals surface area contributed by atoms with Gasteiger partial charge in [0.2, 0.25) is 5.95 Å². The Morgan fingerprint density at radius 3 is 2.44 bits per heavy atom. The van der Waals surface area contributed by atoms with Crippen molar-refractivity contribution in [3.8, 4) is 5.75 Å². The highest BCUT2D eigenvalue weighted by molar-refractivity contribution is 5.72. The van der Waals surface area contributed by atoms with E-state index in [4.69, 9.17) is 4.74 Å². The van der Waals surface area contributed by atoms with Crippen molar-refractivity contribution in [2.45, 2.75) is 47.6 Å². The summed E-state index contributed by atoms with van der Waals surface area (Å²) in [5.74, 6) is 1.81. The molecule has 0 fully saturated rings. The third-order valence-electron chi connectivity index (χ3n) is 4.90. The first-order valence-corrected chi connectivity index (χ1v) is 11.1. The lowest BCUT2D eigenvalue weighted by molar-refractivity contribution is 0.300. The Bertz CT molecular complexity index is 1090. The van der Waals surface area contributed by atoms with Gasteiger partial charge in [0.05, 0.1) is 5.69 Å². The highest BCUT2D eigenvalue weighted by atomic mass is 16.5. The summed E-state index contributed by atoms with van der Waals surface area (Å²) in [6.07, 6.45) is 1.04. The number of ether oxygens (including phenoxy) is 1. The van der Waals surface area contributed by atoms with E-state index in [-0.39, 0.29) is 12.2 Å². The third-order valence-corrected chi connectivity index (χ3v) is 4.90. The molecule has 0 saturated heterocycles. The van der Waals surface area contributed by atoms with Crippen LogP contribution in [-0.4, -0.2) is 9.55 Å². The van der Waals surface area contributed by atoms with Gasteiger partial charge in [-0.3, -0.25) is 9.36 Å². The van der Waals surface area contributed by atoms with Gasteiger partial charge in [-0.05, 0) is 48.1 Å². The van der Waals surface area contributed by atoms with Gasteiger partial charge in [0, 0.05) is 18.8 Å². The summed E-state index contributed by atoms with van der Waals surface area (Å²) in [5.41, 5.74) is 4.55. The van der Waals surface area contributed by atoms with Crippen molar-refractivity contribution in [2.24, 2.45) is 13.0 Å². The Kier molecular flexibility index (Phi) is 9.26. The molecule has 0 radical (unpaired) electrons. The predicted octanol–water partition coefficient (Wildman–Crippen LogP) is 5.98. The van der Waals surface area contributed by atoms with Gasteiger partial charge in [-0.2, -0.15) is 0 Å². The van der Waals surface area contributed by atoms with Crippen LogP contribution in [0.4, 0.5) is 5.95 Å². The number of benzene rings is 2. The van der Waals surface area contributed by atoms with Crippen LogP contribution in [0.1, 0.15) is 50.1 Å². The molecule has 5 nitrogen and oxygen atoms in total. The summed E-state index contributed by atoms with van der Waals surface area (Å²) >= 11 is 0. The molecule has 0 spiro atoms. The maximum atomic E-state index is 12.4. The lowest BCUT2D eigenvalue weighted by Gasteiger charge is -2.14. The van der Waals surface area contributed by atoms with Crippen LogP contribution in [0.2, 0.25) is 0 Å². The second-order valence-electron chi connectivity index (χ2n) is 7.91. The van der Waals surface area contributed by atoms with Crippen molar-refractivity contribution in [1.82, 2.24) is 9.55 Å². The van der Waals surface area contributed by atoms with Gasteiger partial charge in [-0.15, -0.1) is 0 Å². The second kappa shape index (κ2) is 11.9. The number of aryl methyl sites for hydroxylation is 1. The van der Waals surface area contributed by atoms with Crippen molar-refractivity contribution in [1.29, 1.82) is 0 Å². The molecular weight excluding hydrogens is 398 g/mol. The van der Waals surface area contributed by atoms with Crippen molar-refractivity contribution < 1.29 is 4.74 Å². The van der Waals surface area contributed by atoms with E-state index in [9.17, 15) is 4.79 Å². The summed E-state index contributed by atoms with van der Waals surface area (Å²) in [5, 5.41) is 3.14. The minimum atomic E-state index is -0.157. The summed E-state index contributed by atoms with van der Waals surface area (Å²) in [6.45, 7) is 14.8. The molecule has 0 aliphatic rings. The third kappa shape index (κ3) is 6.84. The standard InChI is InChI=1S/C25H29N3O2.C2H6/c1-17(2)13-21-11-12-23(14-18(21)3)30-16-22-15-24(29)28(5)25(27-22)26-19(4)20-9-7-6-8-10-20;1-2/h6-12,14-15,17H,4,13,16H2,1-3,5H3,(H,26,27);1-2H3. The van der Waals surface area contributed by atoms with Gasteiger partial charge in [0.25, 0.3) is 5.56 Å². The van der Waals surface area contributed by atoms with E-state index >= 15 is 0 Å². The first kappa shape index (κ1) is 24.9. The minimum absolute atomic E-state index is 0.157. The Morgan fingerprint density at radius 1 is 1.12 bits per heavy atom. The Labute approximate surface area is 191 Å². The molecule has 1 N–H and O–H groups in total. The number of rotatable bonds is 8. The normalized spacial score (nSPS) is 10.3. The highest BCUT2D eigenvalue weighted by Crippen LogP contribution is 2.21. The van der Waals surface area contributed by atoms with Crippen LogP contribution in [0.25, 0.3) is 5.70 Å². The highest BCUT2D eigenvalue weighted by Gasteiger charge is 2.09. The van der Waals surface area contributed by atoms with Crippen molar-refractivity contribution >= 4 is 11.6 Å². The van der Waals surface area contributed by atoms with Gasteiger partial charge in [-0.25, -0.2) is 4.98 Å². The van der Waals surface area contributed by atoms with E-state index in [1.807, 2.05) is 56.3 Å². The molecule has 0 unspecified atom stereocenters.